The van der Waals surface area contributed by atoms with E-state index in [1.807, 2.05) is 12.1 Å². The van der Waals surface area contributed by atoms with Crippen molar-refractivity contribution in [2.45, 2.75) is 51.9 Å². The van der Waals surface area contributed by atoms with E-state index in [1.165, 1.54) is 5.56 Å². The quantitative estimate of drug-likeness (QED) is 0.460. The Hall–Kier alpha value is -0.740. The van der Waals surface area contributed by atoms with Gasteiger partial charge in [-0.3, -0.25) is 0 Å². The molecule has 0 aliphatic rings. The predicted molar refractivity (Wildman–Crippen MR) is 88.8 cm³/mol. The molecule has 0 aromatic heterocycles. The van der Waals surface area contributed by atoms with E-state index in [-0.39, 0.29) is 5.75 Å². The standard InChI is InChI=1S/C16H25ClO3S/c1-3-14(2)15-8-10-16(11-9-15)20-12-6-4-5-7-13-21(17,18)19/h8-11,14H,3-7,12-13H2,1-2H3. The summed E-state index contributed by atoms with van der Waals surface area (Å²) in [5.41, 5.74) is 1.34. The van der Waals surface area contributed by atoms with Crippen molar-refractivity contribution in [2.24, 2.45) is 0 Å². The summed E-state index contributed by atoms with van der Waals surface area (Å²) in [6, 6.07) is 8.27. The largest absolute Gasteiger partial charge is 0.494 e. The molecule has 1 aromatic rings. The highest BCUT2D eigenvalue weighted by Gasteiger charge is 2.04. The van der Waals surface area contributed by atoms with Crippen molar-refractivity contribution in [2.75, 3.05) is 12.4 Å². The molecule has 0 N–H and O–H groups in total. The Morgan fingerprint density at radius 2 is 1.71 bits per heavy atom. The first-order valence-electron chi connectivity index (χ1n) is 7.57. The summed E-state index contributed by atoms with van der Waals surface area (Å²) >= 11 is 0. The zero-order valence-corrected chi connectivity index (χ0v) is 14.4. The highest BCUT2D eigenvalue weighted by atomic mass is 35.7. The van der Waals surface area contributed by atoms with E-state index >= 15 is 0 Å². The zero-order valence-electron chi connectivity index (χ0n) is 12.8. The van der Waals surface area contributed by atoms with Crippen molar-refractivity contribution in [1.82, 2.24) is 0 Å². The van der Waals surface area contributed by atoms with E-state index in [4.69, 9.17) is 15.4 Å². The number of unbranched alkanes of at least 4 members (excludes halogenated alkanes) is 3. The number of ether oxygens (including phenoxy) is 1. The second kappa shape index (κ2) is 9.31. The van der Waals surface area contributed by atoms with Crippen molar-refractivity contribution < 1.29 is 13.2 Å². The number of halogens is 1. The summed E-state index contributed by atoms with van der Waals surface area (Å²) in [4.78, 5) is 0. The molecule has 0 radical (unpaired) electrons. The van der Waals surface area contributed by atoms with Gasteiger partial charge in [-0.15, -0.1) is 0 Å². The summed E-state index contributed by atoms with van der Waals surface area (Å²) in [5.74, 6) is 1.54. The molecule has 0 bridgehead atoms. The van der Waals surface area contributed by atoms with Crippen LogP contribution in [-0.2, 0) is 9.05 Å². The van der Waals surface area contributed by atoms with Crippen molar-refractivity contribution in [1.29, 1.82) is 0 Å². The summed E-state index contributed by atoms with van der Waals surface area (Å²) in [7, 11) is 1.81. The summed E-state index contributed by atoms with van der Waals surface area (Å²) in [5, 5.41) is 0. The van der Waals surface area contributed by atoms with Gasteiger partial charge in [0.05, 0.1) is 12.4 Å². The topological polar surface area (TPSA) is 43.4 Å². The zero-order chi connectivity index (χ0) is 15.7. The lowest BCUT2D eigenvalue weighted by Gasteiger charge is -2.10. The van der Waals surface area contributed by atoms with Crippen LogP contribution in [0.4, 0.5) is 0 Å². The summed E-state index contributed by atoms with van der Waals surface area (Å²) in [6.45, 7) is 5.07. The van der Waals surface area contributed by atoms with Crippen LogP contribution in [-0.4, -0.2) is 20.8 Å². The molecule has 0 spiro atoms. The van der Waals surface area contributed by atoms with Crippen LogP contribution in [0.3, 0.4) is 0 Å². The third-order valence-corrected chi connectivity index (χ3v) is 4.85. The lowest BCUT2D eigenvalue weighted by atomic mass is 9.99. The fourth-order valence-electron chi connectivity index (χ4n) is 2.05. The molecule has 1 unspecified atom stereocenters. The van der Waals surface area contributed by atoms with E-state index in [9.17, 15) is 8.42 Å². The van der Waals surface area contributed by atoms with E-state index in [0.29, 0.717) is 18.9 Å². The van der Waals surface area contributed by atoms with Gasteiger partial charge in [-0.2, -0.15) is 0 Å². The maximum atomic E-state index is 10.7. The number of hydrogen-bond donors (Lipinski definition) is 0. The lowest BCUT2D eigenvalue weighted by molar-refractivity contribution is 0.305. The minimum absolute atomic E-state index is 0.0620. The fraction of sp³-hybridized carbons (Fsp3) is 0.625. The average molecular weight is 333 g/mol. The Labute approximate surface area is 133 Å². The van der Waals surface area contributed by atoms with Gasteiger partial charge in [0.15, 0.2) is 0 Å². The Kier molecular flexibility index (Phi) is 8.12. The summed E-state index contributed by atoms with van der Waals surface area (Å²) in [6.07, 6.45) is 4.50. The van der Waals surface area contributed by atoms with Crippen molar-refractivity contribution in [3.05, 3.63) is 29.8 Å². The van der Waals surface area contributed by atoms with E-state index in [2.05, 4.69) is 26.0 Å². The SMILES string of the molecule is CCC(C)c1ccc(OCCCCCCS(=O)(=O)Cl)cc1. The maximum Gasteiger partial charge on any atom is 0.232 e. The van der Waals surface area contributed by atoms with Gasteiger partial charge in [-0.05, 0) is 42.9 Å². The van der Waals surface area contributed by atoms with Crippen LogP contribution in [0.15, 0.2) is 24.3 Å². The number of benzene rings is 1. The van der Waals surface area contributed by atoms with Crippen LogP contribution in [0.1, 0.15) is 57.4 Å². The first-order chi connectivity index (χ1) is 9.92. The van der Waals surface area contributed by atoms with Crippen molar-refractivity contribution >= 4 is 19.7 Å². The van der Waals surface area contributed by atoms with Crippen LogP contribution < -0.4 is 4.74 Å². The average Bonchev–Trinajstić information content (AvgIpc) is 2.45. The van der Waals surface area contributed by atoms with Gasteiger partial charge in [0.25, 0.3) is 0 Å². The van der Waals surface area contributed by atoms with Gasteiger partial charge in [-0.1, -0.05) is 38.8 Å². The Bertz CT molecular complexity index is 497. The van der Waals surface area contributed by atoms with Crippen molar-refractivity contribution in [3.63, 3.8) is 0 Å². The predicted octanol–water partition coefficient (Wildman–Crippen LogP) is 4.71. The van der Waals surface area contributed by atoms with E-state index in [0.717, 1.165) is 31.4 Å². The van der Waals surface area contributed by atoms with E-state index < -0.39 is 9.05 Å². The Balaban J connectivity index is 2.15. The molecule has 0 fully saturated rings. The van der Waals surface area contributed by atoms with Crippen LogP contribution >= 0.6 is 10.7 Å². The maximum absolute atomic E-state index is 10.7. The van der Waals surface area contributed by atoms with Crippen molar-refractivity contribution in [3.8, 4) is 5.75 Å². The number of rotatable bonds is 10. The third kappa shape index (κ3) is 8.32. The minimum atomic E-state index is -3.33. The van der Waals surface area contributed by atoms with Gasteiger partial charge in [0, 0.05) is 10.7 Å². The first kappa shape index (κ1) is 18.3. The molecule has 0 heterocycles. The van der Waals surface area contributed by atoms with Crippen LogP contribution in [0.2, 0.25) is 0 Å². The molecular weight excluding hydrogens is 308 g/mol. The molecule has 5 heteroatoms. The van der Waals surface area contributed by atoms with Gasteiger partial charge in [0.1, 0.15) is 5.75 Å². The minimum Gasteiger partial charge on any atom is -0.494 e. The molecule has 21 heavy (non-hydrogen) atoms. The Morgan fingerprint density at radius 3 is 2.29 bits per heavy atom. The van der Waals surface area contributed by atoms with E-state index in [1.54, 1.807) is 0 Å². The smallest absolute Gasteiger partial charge is 0.232 e. The highest BCUT2D eigenvalue weighted by Crippen LogP contribution is 2.21. The molecule has 3 nitrogen and oxygen atoms in total. The van der Waals surface area contributed by atoms with Crippen LogP contribution in [0.25, 0.3) is 0 Å². The molecular formula is C16H25ClO3S. The van der Waals surface area contributed by atoms with Gasteiger partial charge in [-0.25, -0.2) is 8.42 Å². The molecule has 0 saturated carbocycles. The second-order valence-corrected chi connectivity index (χ2v) is 8.28. The van der Waals surface area contributed by atoms with Gasteiger partial charge < -0.3 is 4.74 Å². The molecule has 0 saturated heterocycles. The monoisotopic (exact) mass is 332 g/mol. The first-order valence-corrected chi connectivity index (χ1v) is 10.1. The highest BCUT2D eigenvalue weighted by molar-refractivity contribution is 8.13. The third-order valence-electron chi connectivity index (χ3n) is 3.61. The molecule has 0 aliphatic heterocycles. The second-order valence-electron chi connectivity index (χ2n) is 5.38. The molecule has 1 rings (SSSR count). The lowest BCUT2D eigenvalue weighted by Crippen LogP contribution is -2.00. The van der Waals surface area contributed by atoms with Gasteiger partial charge in [0.2, 0.25) is 9.05 Å². The molecule has 1 aromatic carbocycles. The van der Waals surface area contributed by atoms with Crippen LogP contribution in [0.5, 0.6) is 5.75 Å². The molecule has 1 atom stereocenters. The summed E-state index contributed by atoms with van der Waals surface area (Å²) < 4.78 is 27.2. The fourth-order valence-corrected chi connectivity index (χ4v) is 2.92. The Morgan fingerprint density at radius 1 is 1.10 bits per heavy atom. The van der Waals surface area contributed by atoms with Crippen LogP contribution in [0, 0.1) is 0 Å². The molecule has 0 aliphatic carbocycles. The molecule has 0 amide bonds. The van der Waals surface area contributed by atoms with Gasteiger partial charge >= 0.3 is 0 Å². The molecule has 120 valence electrons. The normalized spacial score (nSPS) is 13.1. The number of hydrogen-bond acceptors (Lipinski definition) is 3.